The molecule has 0 aliphatic carbocycles. The Bertz CT molecular complexity index is 615. The van der Waals surface area contributed by atoms with Crippen LogP contribution >= 0.6 is 0 Å². The molecule has 3 N–H and O–H groups in total. The number of para-hydroxylation sites is 3. The summed E-state index contributed by atoms with van der Waals surface area (Å²) in [6.07, 6.45) is 0.323. The summed E-state index contributed by atoms with van der Waals surface area (Å²) < 4.78 is 5.74. The van der Waals surface area contributed by atoms with Crippen LogP contribution in [-0.4, -0.2) is 24.8 Å². The fourth-order valence-corrected chi connectivity index (χ4v) is 2.71. The molecule has 2 aromatic carbocycles. The van der Waals surface area contributed by atoms with Gasteiger partial charge in [-0.05, 0) is 24.6 Å². The predicted octanol–water partition coefficient (Wildman–Crippen LogP) is 2.59. The lowest BCUT2D eigenvalue weighted by Crippen LogP contribution is -2.29. The number of hydrogen-bond acceptors (Lipinski definition) is 4. The molecule has 0 aromatic heterocycles. The van der Waals surface area contributed by atoms with Crippen molar-refractivity contribution in [2.75, 3.05) is 30.3 Å². The first-order valence-corrected chi connectivity index (χ1v) is 7.25. The molecule has 4 heteroatoms. The zero-order valence-corrected chi connectivity index (χ0v) is 11.9. The topological polar surface area (TPSA) is 58.7 Å². The van der Waals surface area contributed by atoms with Crippen LogP contribution in [0.25, 0.3) is 0 Å². The van der Waals surface area contributed by atoms with Gasteiger partial charge in [0.25, 0.3) is 0 Å². The Morgan fingerprint density at radius 2 is 1.90 bits per heavy atom. The highest BCUT2D eigenvalue weighted by Gasteiger charge is 2.20. The van der Waals surface area contributed by atoms with Gasteiger partial charge in [0.1, 0.15) is 5.75 Å². The fraction of sp³-hybridized carbons (Fsp3) is 0.294. The van der Waals surface area contributed by atoms with E-state index in [9.17, 15) is 5.11 Å². The van der Waals surface area contributed by atoms with E-state index in [1.807, 2.05) is 48.5 Å². The van der Waals surface area contributed by atoms with Gasteiger partial charge in [-0.25, -0.2) is 0 Å². The SMILES string of the molecule is Nc1ccccc1C(O)CN1CCCOc2ccccc21. The number of fused-ring (bicyclic) bond motifs is 1. The van der Waals surface area contributed by atoms with E-state index in [-0.39, 0.29) is 0 Å². The van der Waals surface area contributed by atoms with E-state index in [0.717, 1.165) is 30.0 Å². The average Bonchev–Trinajstić information content (AvgIpc) is 2.70. The van der Waals surface area contributed by atoms with Crippen molar-refractivity contribution in [1.82, 2.24) is 0 Å². The number of nitrogen functional groups attached to an aromatic ring is 1. The number of rotatable bonds is 3. The van der Waals surface area contributed by atoms with Gasteiger partial charge in [0.15, 0.2) is 0 Å². The molecule has 0 fully saturated rings. The second kappa shape index (κ2) is 6.06. The van der Waals surface area contributed by atoms with E-state index in [0.29, 0.717) is 18.8 Å². The number of aliphatic hydroxyl groups excluding tert-OH is 1. The van der Waals surface area contributed by atoms with Gasteiger partial charge in [0.2, 0.25) is 0 Å². The van der Waals surface area contributed by atoms with Gasteiger partial charge < -0.3 is 20.5 Å². The van der Waals surface area contributed by atoms with Gasteiger partial charge in [-0.1, -0.05) is 30.3 Å². The van der Waals surface area contributed by atoms with Gasteiger partial charge in [-0.2, -0.15) is 0 Å². The normalized spacial score (nSPS) is 15.8. The van der Waals surface area contributed by atoms with Crippen LogP contribution < -0.4 is 15.4 Å². The van der Waals surface area contributed by atoms with Crippen molar-refractivity contribution in [1.29, 1.82) is 0 Å². The lowest BCUT2D eigenvalue weighted by Gasteiger charge is -2.27. The predicted molar refractivity (Wildman–Crippen MR) is 84.6 cm³/mol. The zero-order chi connectivity index (χ0) is 14.7. The molecule has 1 unspecified atom stereocenters. The highest BCUT2D eigenvalue weighted by Crippen LogP contribution is 2.32. The zero-order valence-electron chi connectivity index (χ0n) is 11.9. The summed E-state index contributed by atoms with van der Waals surface area (Å²) in [5.41, 5.74) is 8.39. The van der Waals surface area contributed by atoms with Crippen molar-refractivity contribution in [3.05, 3.63) is 54.1 Å². The molecule has 21 heavy (non-hydrogen) atoms. The Hall–Kier alpha value is -2.20. The van der Waals surface area contributed by atoms with Crippen LogP contribution in [0, 0.1) is 0 Å². The Kier molecular flexibility index (Phi) is 3.97. The first kappa shape index (κ1) is 13.8. The van der Waals surface area contributed by atoms with Crippen molar-refractivity contribution >= 4 is 11.4 Å². The molecule has 1 aliphatic rings. The van der Waals surface area contributed by atoms with Crippen LogP contribution in [-0.2, 0) is 0 Å². The quantitative estimate of drug-likeness (QED) is 0.851. The summed E-state index contributed by atoms with van der Waals surface area (Å²) >= 11 is 0. The highest BCUT2D eigenvalue weighted by atomic mass is 16.5. The number of ether oxygens (including phenoxy) is 1. The minimum atomic E-state index is -0.614. The number of β-amino-alcohol motifs (C(OH)–C–C–N with tert-alkyl or cyclic N) is 1. The van der Waals surface area contributed by atoms with Crippen molar-refractivity contribution in [2.45, 2.75) is 12.5 Å². The van der Waals surface area contributed by atoms with E-state index in [4.69, 9.17) is 10.5 Å². The molecule has 110 valence electrons. The molecular formula is C17H20N2O2. The summed E-state index contributed by atoms with van der Waals surface area (Å²) in [4.78, 5) is 2.17. The average molecular weight is 284 g/mol. The minimum Gasteiger partial charge on any atom is -0.491 e. The van der Waals surface area contributed by atoms with E-state index < -0.39 is 6.10 Å². The van der Waals surface area contributed by atoms with Gasteiger partial charge in [-0.15, -0.1) is 0 Å². The van der Waals surface area contributed by atoms with Crippen LogP contribution in [0.4, 0.5) is 11.4 Å². The number of aliphatic hydroxyl groups is 1. The van der Waals surface area contributed by atoms with Crippen molar-refractivity contribution in [3.63, 3.8) is 0 Å². The third kappa shape index (κ3) is 2.95. The molecule has 0 amide bonds. The van der Waals surface area contributed by atoms with Gasteiger partial charge >= 0.3 is 0 Å². The maximum atomic E-state index is 10.5. The maximum Gasteiger partial charge on any atom is 0.142 e. The third-order valence-corrected chi connectivity index (χ3v) is 3.78. The van der Waals surface area contributed by atoms with Gasteiger partial charge in [0.05, 0.1) is 18.4 Å². The first-order chi connectivity index (χ1) is 10.3. The molecule has 0 radical (unpaired) electrons. The van der Waals surface area contributed by atoms with Crippen molar-refractivity contribution in [2.24, 2.45) is 0 Å². The molecule has 0 bridgehead atoms. The Balaban J connectivity index is 1.83. The Labute approximate surface area is 124 Å². The Morgan fingerprint density at radius 3 is 2.76 bits per heavy atom. The summed E-state index contributed by atoms with van der Waals surface area (Å²) in [5, 5.41) is 10.5. The fourth-order valence-electron chi connectivity index (χ4n) is 2.71. The summed E-state index contributed by atoms with van der Waals surface area (Å²) in [7, 11) is 0. The number of hydrogen-bond donors (Lipinski definition) is 2. The van der Waals surface area contributed by atoms with Crippen LogP contribution in [0.5, 0.6) is 5.75 Å². The number of nitrogens with two attached hydrogens (primary N) is 1. The van der Waals surface area contributed by atoms with Crippen LogP contribution in [0.3, 0.4) is 0 Å². The van der Waals surface area contributed by atoms with E-state index in [1.165, 1.54) is 0 Å². The molecule has 0 saturated heterocycles. The second-order valence-corrected chi connectivity index (χ2v) is 5.26. The molecule has 2 aromatic rings. The number of benzene rings is 2. The molecule has 1 heterocycles. The number of anilines is 2. The summed E-state index contributed by atoms with van der Waals surface area (Å²) in [5.74, 6) is 0.878. The minimum absolute atomic E-state index is 0.509. The van der Waals surface area contributed by atoms with E-state index in [1.54, 1.807) is 0 Å². The number of nitrogens with zero attached hydrogens (tertiary/aromatic N) is 1. The van der Waals surface area contributed by atoms with Crippen LogP contribution in [0.15, 0.2) is 48.5 Å². The molecule has 4 nitrogen and oxygen atoms in total. The monoisotopic (exact) mass is 284 g/mol. The van der Waals surface area contributed by atoms with Crippen LogP contribution in [0.1, 0.15) is 18.1 Å². The Morgan fingerprint density at radius 1 is 1.14 bits per heavy atom. The maximum absolute atomic E-state index is 10.5. The second-order valence-electron chi connectivity index (χ2n) is 5.26. The molecule has 1 aliphatic heterocycles. The summed E-state index contributed by atoms with van der Waals surface area (Å²) in [6.45, 7) is 2.08. The molecule has 0 saturated carbocycles. The lowest BCUT2D eigenvalue weighted by atomic mass is 10.1. The van der Waals surface area contributed by atoms with Gasteiger partial charge in [-0.3, -0.25) is 0 Å². The van der Waals surface area contributed by atoms with Crippen LogP contribution in [0.2, 0.25) is 0 Å². The standard InChI is InChI=1S/C17H20N2O2/c18-14-7-2-1-6-13(14)16(20)12-19-10-5-11-21-17-9-4-3-8-15(17)19/h1-4,6-9,16,20H,5,10-12,18H2. The molecule has 3 rings (SSSR count). The smallest absolute Gasteiger partial charge is 0.142 e. The summed E-state index contributed by atoms with van der Waals surface area (Å²) in [6, 6.07) is 15.4. The largest absolute Gasteiger partial charge is 0.491 e. The first-order valence-electron chi connectivity index (χ1n) is 7.25. The molecule has 0 spiro atoms. The van der Waals surface area contributed by atoms with E-state index >= 15 is 0 Å². The third-order valence-electron chi connectivity index (χ3n) is 3.78. The highest BCUT2D eigenvalue weighted by molar-refractivity contribution is 5.59. The van der Waals surface area contributed by atoms with Crippen molar-refractivity contribution in [3.8, 4) is 5.75 Å². The molecular weight excluding hydrogens is 264 g/mol. The van der Waals surface area contributed by atoms with Crippen molar-refractivity contribution < 1.29 is 9.84 Å². The molecule has 1 atom stereocenters. The lowest BCUT2D eigenvalue weighted by molar-refractivity contribution is 0.184. The van der Waals surface area contributed by atoms with E-state index in [2.05, 4.69) is 4.90 Å². The van der Waals surface area contributed by atoms with Gasteiger partial charge in [0, 0.05) is 24.3 Å².